The molecule has 1 N–H and O–H groups in total. The molecule has 0 aliphatic rings. The smallest absolute Gasteiger partial charge is 0.291 e. The van der Waals surface area contributed by atoms with E-state index in [1.54, 1.807) is 30.1 Å². The second-order valence-electron chi connectivity index (χ2n) is 6.72. The topological polar surface area (TPSA) is 59.4 Å². The Balaban J connectivity index is 1.71. The van der Waals surface area contributed by atoms with Gasteiger partial charge in [0, 0.05) is 36.2 Å². The van der Waals surface area contributed by atoms with Gasteiger partial charge in [0.1, 0.15) is 5.75 Å². The van der Waals surface area contributed by atoms with Crippen LogP contribution in [-0.4, -0.2) is 41.6 Å². The molecule has 0 spiro atoms. The number of hydrogen-bond donors (Lipinski definition) is 1. The summed E-state index contributed by atoms with van der Waals surface area (Å²) >= 11 is 6.34. The number of anilines is 1. The fourth-order valence-corrected chi connectivity index (χ4v) is 3.09. The lowest BCUT2D eigenvalue weighted by atomic mass is 10.2. The summed E-state index contributed by atoms with van der Waals surface area (Å²) in [6.07, 6.45) is 3.40. The molecule has 0 aliphatic carbocycles. The van der Waals surface area contributed by atoms with Gasteiger partial charge in [-0.2, -0.15) is 0 Å². The Morgan fingerprint density at radius 3 is 2.61 bits per heavy atom. The van der Waals surface area contributed by atoms with E-state index in [2.05, 4.69) is 10.3 Å². The number of aromatic nitrogens is 2. The van der Waals surface area contributed by atoms with Crippen molar-refractivity contribution in [3.05, 3.63) is 76.8 Å². The molecular weight excluding hydrogens is 376 g/mol. The molecule has 6 nitrogen and oxygen atoms in total. The Morgan fingerprint density at radius 2 is 1.96 bits per heavy atom. The van der Waals surface area contributed by atoms with Gasteiger partial charge in [-0.25, -0.2) is 4.98 Å². The highest BCUT2D eigenvalue weighted by Crippen LogP contribution is 2.22. The largest absolute Gasteiger partial charge is 0.497 e. The van der Waals surface area contributed by atoms with Crippen molar-refractivity contribution in [3.63, 3.8) is 0 Å². The Bertz CT molecular complexity index is 951. The number of carbonyl (C=O) groups excluding carboxylic acids is 1. The van der Waals surface area contributed by atoms with Gasteiger partial charge in [0.15, 0.2) is 5.82 Å². The molecule has 7 heteroatoms. The Morgan fingerprint density at radius 1 is 1.21 bits per heavy atom. The predicted octanol–water partition coefficient (Wildman–Crippen LogP) is 3.91. The van der Waals surface area contributed by atoms with Crippen LogP contribution in [-0.2, 0) is 13.1 Å². The third-order valence-corrected chi connectivity index (χ3v) is 4.58. The van der Waals surface area contributed by atoms with Gasteiger partial charge in [-0.1, -0.05) is 29.8 Å². The molecule has 1 amide bonds. The highest BCUT2D eigenvalue weighted by atomic mass is 35.5. The molecule has 3 aromatic rings. The zero-order valence-electron chi connectivity index (χ0n) is 16.1. The Labute approximate surface area is 169 Å². The fourth-order valence-electron chi connectivity index (χ4n) is 2.85. The van der Waals surface area contributed by atoms with Crippen LogP contribution in [0.4, 0.5) is 5.69 Å². The molecule has 28 heavy (non-hydrogen) atoms. The molecule has 1 heterocycles. The first-order chi connectivity index (χ1) is 13.5. The maximum absolute atomic E-state index is 12.7. The molecule has 0 fully saturated rings. The number of amides is 1. The van der Waals surface area contributed by atoms with Crippen molar-refractivity contribution in [2.24, 2.45) is 0 Å². The molecule has 0 aliphatic heterocycles. The summed E-state index contributed by atoms with van der Waals surface area (Å²) in [5.41, 5.74) is 2.69. The fraction of sp³-hybridized carbons (Fsp3) is 0.238. The van der Waals surface area contributed by atoms with Crippen molar-refractivity contribution >= 4 is 23.2 Å². The van der Waals surface area contributed by atoms with Gasteiger partial charge in [-0.3, -0.25) is 4.79 Å². The Kier molecular flexibility index (Phi) is 6.34. The normalized spacial score (nSPS) is 10.9. The molecule has 0 saturated carbocycles. The van der Waals surface area contributed by atoms with Crippen molar-refractivity contribution in [1.82, 2.24) is 14.5 Å². The number of carbonyl (C=O) groups is 1. The molecule has 0 atom stereocenters. The van der Waals surface area contributed by atoms with E-state index in [9.17, 15) is 4.79 Å². The first kappa shape index (κ1) is 19.9. The number of methoxy groups -OCH3 is 1. The van der Waals surface area contributed by atoms with Gasteiger partial charge in [0.25, 0.3) is 5.91 Å². The van der Waals surface area contributed by atoms with Crippen LogP contribution in [0.3, 0.4) is 0 Å². The average Bonchev–Trinajstić information content (AvgIpc) is 3.12. The monoisotopic (exact) mass is 398 g/mol. The average molecular weight is 399 g/mol. The lowest BCUT2D eigenvalue weighted by Gasteiger charge is -2.13. The van der Waals surface area contributed by atoms with Crippen molar-refractivity contribution in [2.45, 2.75) is 13.1 Å². The maximum Gasteiger partial charge on any atom is 0.291 e. The molecular formula is C21H23ClN4O2. The van der Waals surface area contributed by atoms with Crippen LogP contribution in [0.25, 0.3) is 0 Å². The first-order valence-corrected chi connectivity index (χ1v) is 9.22. The molecule has 3 rings (SSSR count). The van der Waals surface area contributed by atoms with Crippen molar-refractivity contribution in [2.75, 3.05) is 26.5 Å². The minimum absolute atomic E-state index is 0.282. The summed E-state index contributed by atoms with van der Waals surface area (Å²) in [6.45, 7) is 1.27. The van der Waals surface area contributed by atoms with Crippen LogP contribution < -0.4 is 10.1 Å². The standard InChI is InChI=1S/C21H23ClN4O2/c1-25(2)14-16-6-7-17(12-19(16)22)24-21(27)20-23-10-11-26(20)13-15-4-8-18(28-3)9-5-15/h4-12H,13-14H2,1-3H3,(H,24,27). The SMILES string of the molecule is COc1ccc(Cn2ccnc2C(=O)Nc2ccc(CN(C)C)c(Cl)c2)cc1. The lowest BCUT2D eigenvalue weighted by molar-refractivity contribution is 0.101. The van der Waals surface area contributed by atoms with Gasteiger partial charge in [0.2, 0.25) is 0 Å². The van der Waals surface area contributed by atoms with Crippen LogP contribution in [0.1, 0.15) is 21.7 Å². The minimum Gasteiger partial charge on any atom is -0.497 e. The number of benzene rings is 2. The Hall–Kier alpha value is -2.83. The third-order valence-electron chi connectivity index (χ3n) is 4.23. The van der Waals surface area contributed by atoms with Gasteiger partial charge < -0.3 is 19.5 Å². The van der Waals surface area contributed by atoms with Crippen LogP contribution in [0, 0.1) is 0 Å². The van der Waals surface area contributed by atoms with E-state index < -0.39 is 0 Å². The molecule has 0 bridgehead atoms. The highest BCUT2D eigenvalue weighted by Gasteiger charge is 2.14. The number of nitrogens with one attached hydrogen (secondary N) is 1. The van der Waals surface area contributed by atoms with E-state index in [4.69, 9.17) is 16.3 Å². The maximum atomic E-state index is 12.7. The first-order valence-electron chi connectivity index (χ1n) is 8.85. The molecule has 0 radical (unpaired) electrons. The van der Waals surface area contributed by atoms with E-state index >= 15 is 0 Å². The van der Waals surface area contributed by atoms with E-state index in [-0.39, 0.29) is 5.91 Å². The third kappa shape index (κ3) is 4.91. The summed E-state index contributed by atoms with van der Waals surface area (Å²) in [7, 11) is 5.59. The van der Waals surface area contributed by atoms with E-state index in [1.807, 2.05) is 55.4 Å². The summed E-state index contributed by atoms with van der Waals surface area (Å²) in [6, 6.07) is 13.2. The number of rotatable bonds is 7. The van der Waals surface area contributed by atoms with Crippen molar-refractivity contribution in [1.29, 1.82) is 0 Å². The zero-order chi connectivity index (χ0) is 20.1. The zero-order valence-corrected chi connectivity index (χ0v) is 16.9. The van der Waals surface area contributed by atoms with E-state index in [0.29, 0.717) is 23.1 Å². The minimum atomic E-state index is -0.282. The van der Waals surface area contributed by atoms with Crippen molar-refractivity contribution in [3.8, 4) is 5.75 Å². The van der Waals surface area contributed by atoms with E-state index in [1.165, 1.54) is 0 Å². The summed E-state index contributed by atoms with van der Waals surface area (Å²) in [5, 5.41) is 3.49. The van der Waals surface area contributed by atoms with Gasteiger partial charge >= 0.3 is 0 Å². The number of ether oxygens (including phenoxy) is 1. The van der Waals surface area contributed by atoms with Crippen LogP contribution >= 0.6 is 11.6 Å². The molecule has 2 aromatic carbocycles. The predicted molar refractivity (Wildman–Crippen MR) is 111 cm³/mol. The second-order valence-corrected chi connectivity index (χ2v) is 7.13. The van der Waals surface area contributed by atoms with Gasteiger partial charge in [0.05, 0.1) is 7.11 Å². The summed E-state index contributed by atoms with van der Waals surface area (Å²) in [4.78, 5) is 18.9. The van der Waals surface area contributed by atoms with Crippen LogP contribution in [0.2, 0.25) is 5.02 Å². The number of nitrogens with zero attached hydrogens (tertiary/aromatic N) is 3. The quantitative estimate of drug-likeness (QED) is 0.655. The van der Waals surface area contributed by atoms with Gasteiger partial charge in [-0.05, 0) is 49.5 Å². The number of imidazole rings is 1. The molecule has 1 aromatic heterocycles. The molecule has 0 unspecified atom stereocenters. The molecule has 146 valence electrons. The highest BCUT2D eigenvalue weighted by molar-refractivity contribution is 6.31. The second kappa shape index (κ2) is 8.91. The number of hydrogen-bond acceptors (Lipinski definition) is 4. The van der Waals surface area contributed by atoms with Crippen molar-refractivity contribution < 1.29 is 9.53 Å². The van der Waals surface area contributed by atoms with Gasteiger partial charge in [-0.15, -0.1) is 0 Å². The van der Waals surface area contributed by atoms with Crippen LogP contribution in [0.15, 0.2) is 54.9 Å². The molecule has 0 saturated heterocycles. The lowest BCUT2D eigenvalue weighted by Crippen LogP contribution is -2.18. The summed E-state index contributed by atoms with van der Waals surface area (Å²) < 4.78 is 6.98. The number of halogens is 1. The van der Waals surface area contributed by atoms with E-state index in [0.717, 1.165) is 23.4 Å². The summed E-state index contributed by atoms with van der Waals surface area (Å²) in [5.74, 6) is 0.848. The van der Waals surface area contributed by atoms with Crippen LogP contribution in [0.5, 0.6) is 5.75 Å².